The van der Waals surface area contributed by atoms with Crippen LogP contribution in [-0.2, 0) is 59.7 Å². The fraction of sp³-hybridized carbons (Fsp3) is 0.500. The van der Waals surface area contributed by atoms with E-state index in [1.165, 1.54) is 4.90 Å². The van der Waals surface area contributed by atoms with E-state index in [0.717, 1.165) is 86.9 Å². The summed E-state index contributed by atoms with van der Waals surface area (Å²) in [5.41, 5.74) is 5.12. The van der Waals surface area contributed by atoms with Gasteiger partial charge in [0.15, 0.2) is 18.3 Å². The maximum absolute atomic E-state index is 13.9. The lowest BCUT2D eigenvalue weighted by Crippen LogP contribution is -2.65. The van der Waals surface area contributed by atoms with Crippen molar-refractivity contribution in [3.05, 3.63) is 82.6 Å². The summed E-state index contributed by atoms with van der Waals surface area (Å²) in [4.78, 5) is 68.2. The Kier molecular flexibility index (Phi) is 13.9. The second-order valence-corrected chi connectivity index (χ2v) is 16.0. The normalized spacial score (nSPS) is 22.3. The number of nitrogens with zero attached hydrogens (tertiary/aromatic N) is 2. The van der Waals surface area contributed by atoms with Crippen LogP contribution in [0.15, 0.2) is 60.9 Å². The van der Waals surface area contributed by atoms with Gasteiger partial charge in [-0.1, -0.05) is 48.9 Å². The molecule has 1 amide bonds. The molecule has 59 heavy (non-hydrogen) atoms. The van der Waals surface area contributed by atoms with Crippen molar-refractivity contribution in [2.75, 3.05) is 13.6 Å². The van der Waals surface area contributed by atoms with Crippen LogP contribution < -0.4 is 10.1 Å². The van der Waals surface area contributed by atoms with Crippen LogP contribution in [0.5, 0.6) is 5.75 Å². The molecule has 0 spiro atoms. The molecule has 316 valence electrons. The Labute approximate surface area is 349 Å². The van der Waals surface area contributed by atoms with Gasteiger partial charge in [-0.2, -0.15) is 0 Å². The number of pyridine rings is 1. The maximum Gasteiger partial charge on any atom is 0.305 e. The van der Waals surface area contributed by atoms with Crippen LogP contribution in [-0.4, -0.2) is 90.1 Å². The average Bonchev–Trinajstić information content (AvgIpc) is 4.13. The first-order valence-corrected chi connectivity index (χ1v) is 20.4. The Bertz CT molecular complexity index is 2040. The van der Waals surface area contributed by atoms with Gasteiger partial charge in [0.2, 0.25) is 12.4 Å². The van der Waals surface area contributed by atoms with E-state index in [4.69, 9.17) is 40.0 Å². The first kappa shape index (κ1) is 43.5. The van der Waals surface area contributed by atoms with Crippen LogP contribution in [0, 0.1) is 0 Å². The summed E-state index contributed by atoms with van der Waals surface area (Å²) in [6.45, 7) is 7.36. The zero-order valence-corrected chi connectivity index (χ0v) is 35.0. The molecule has 2 aliphatic carbocycles. The van der Waals surface area contributed by atoms with Crippen LogP contribution in [0.2, 0.25) is 5.02 Å². The van der Waals surface area contributed by atoms with E-state index in [9.17, 15) is 24.0 Å². The lowest BCUT2D eigenvalue weighted by atomic mass is 9.93. The van der Waals surface area contributed by atoms with Crippen molar-refractivity contribution in [3.8, 4) is 16.9 Å². The molecule has 15 heteroatoms. The SMILES string of the molecule is CC(=O)OC1OC(C(=O)N(C)CCCC(C)c2ccc(Cl)c(CNC3(c4cnccc4-c4ccccc4OC4CC4)CC3)c2)C(OC(C)=O)C(OC(C)=O)C1OC(C)=O. The first-order valence-electron chi connectivity index (χ1n) is 20.0. The second kappa shape index (κ2) is 18.9. The lowest BCUT2D eigenvalue weighted by molar-refractivity contribution is -0.292. The summed E-state index contributed by atoms with van der Waals surface area (Å²) in [5, 5.41) is 4.48. The number of aromatic nitrogens is 1. The standard InChI is InChI=1S/C44H52ClN3O11/c1-25(10-9-21-48(6)42(53)40-38(54-26(2)49)39(55-27(3)50)41(56-28(4)51)43(59-40)57-29(5)52)30-13-16-36(45)31(22-30)23-47-44(18-19-44)35-24-46-20-17-33(35)34-11-7-8-12-37(34)58-32-14-15-32/h7-8,11-13,16-17,20,22,24-25,32,38-41,43,47H,9-10,14-15,18-19,21,23H2,1-6H3. The number of benzene rings is 2. The van der Waals surface area contributed by atoms with Crippen LogP contribution >= 0.6 is 11.6 Å². The molecule has 3 aliphatic rings. The summed E-state index contributed by atoms with van der Waals surface area (Å²) in [6, 6.07) is 16.3. The minimum atomic E-state index is -1.63. The Balaban J connectivity index is 1.10. The molecule has 0 bridgehead atoms. The molecular weight excluding hydrogens is 782 g/mol. The van der Waals surface area contributed by atoms with E-state index in [1.807, 2.05) is 42.7 Å². The number of hydrogen-bond donors (Lipinski definition) is 1. The molecule has 3 aromatic rings. The molecule has 6 rings (SSSR count). The number of esters is 4. The van der Waals surface area contributed by atoms with Crippen molar-refractivity contribution in [1.82, 2.24) is 15.2 Å². The molecule has 6 atom stereocenters. The highest BCUT2D eigenvalue weighted by molar-refractivity contribution is 6.31. The number of likely N-dealkylation sites (N-methyl/N-ethyl adjacent to an activating group) is 1. The van der Waals surface area contributed by atoms with Crippen LogP contribution in [0.4, 0.5) is 0 Å². The molecular formula is C44H52ClN3O11. The molecule has 2 aromatic carbocycles. The maximum atomic E-state index is 13.9. The van der Waals surface area contributed by atoms with Gasteiger partial charge in [-0.3, -0.25) is 29.0 Å². The predicted molar refractivity (Wildman–Crippen MR) is 215 cm³/mol. The third-order valence-electron chi connectivity index (χ3n) is 10.8. The fourth-order valence-corrected chi connectivity index (χ4v) is 7.68. The summed E-state index contributed by atoms with van der Waals surface area (Å²) < 4.78 is 33.6. The lowest BCUT2D eigenvalue weighted by Gasteiger charge is -2.43. The Morgan fingerprint density at radius 2 is 1.54 bits per heavy atom. The zero-order valence-electron chi connectivity index (χ0n) is 34.2. The molecule has 2 saturated carbocycles. The van der Waals surface area contributed by atoms with Gasteiger partial charge in [-0.05, 0) is 84.9 Å². The highest BCUT2D eigenvalue weighted by Crippen LogP contribution is 2.50. The monoisotopic (exact) mass is 833 g/mol. The quantitative estimate of drug-likeness (QED) is 0.122. The van der Waals surface area contributed by atoms with Gasteiger partial charge in [-0.15, -0.1) is 0 Å². The largest absolute Gasteiger partial charge is 0.490 e. The minimum Gasteiger partial charge on any atom is -0.490 e. The van der Waals surface area contributed by atoms with Crippen LogP contribution in [0.25, 0.3) is 11.1 Å². The second-order valence-electron chi connectivity index (χ2n) is 15.6. The number of nitrogens with one attached hydrogen (secondary N) is 1. The van der Waals surface area contributed by atoms with Crippen molar-refractivity contribution in [3.63, 3.8) is 0 Å². The molecule has 1 aliphatic heterocycles. The fourth-order valence-electron chi connectivity index (χ4n) is 7.50. The van der Waals surface area contributed by atoms with E-state index < -0.39 is 60.5 Å². The zero-order chi connectivity index (χ0) is 42.4. The van der Waals surface area contributed by atoms with Gasteiger partial charge in [0.05, 0.1) is 6.10 Å². The number of ether oxygens (including phenoxy) is 6. The van der Waals surface area contributed by atoms with E-state index in [0.29, 0.717) is 24.4 Å². The number of hydrogen-bond acceptors (Lipinski definition) is 13. The Morgan fingerprint density at radius 1 is 0.881 bits per heavy atom. The summed E-state index contributed by atoms with van der Waals surface area (Å²) in [5.74, 6) is -2.86. The highest BCUT2D eigenvalue weighted by atomic mass is 35.5. The number of para-hydroxylation sites is 1. The third-order valence-corrected chi connectivity index (χ3v) is 11.1. The average molecular weight is 834 g/mol. The van der Waals surface area contributed by atoms with E-state index in [-0.39, 0.29) is 24.1 Å². The van der Waals surface area contributed by atoms with Crippen molar-refractivity contribution >= 4 is 41.4 Å². The topological polar surface area (TPSA) is 169 Å². The van der Waals surface area contributed by atoms with Crippen molar-refractivity contribution in [1.29, 1.82) is 0 Å². The molecule has 1 saturated heterocycles. The summed E-state index contributed by atoms with van der Waals surface area (Å²) in [6.07, 6.45) is 1.70. The van der Waals surface area contributed by atoms with Crippen LogP contribution in [0.3, 0.4) is 0 Å². The minimum absolute atomic E-state index is 0.100. The van der Waals surface area contributed by atoms with Gasteiger partial charge in [0.1, 0.15) is 5.75 Å². The van der Waals surface area contributed by atoms with Gasteiger partial charge >= 0.3 is 23.9 Å². The molecule has 2 heterocycles. The smallest absolute Gasteiger partial charge is 0.305 e. The van der Waals surface area contributed by atoms with Gasteiger partial charge in [-0.25, -0.2) is 0 Å². The van der Waals surface area contributed by atoms with E-state index in [2.05, 4.69) is 35.4 Å². The first-order chi connectivity index (χ1) is 28.2. The number of rotatable bonds is 17. The highest BCUT2D eigenvalue weighted by Gasteiger charge is 2.56. The van der Waals surface area contributed by atoms with Crippen LogP contribution in [0.1, 0.15) is 95.8 Å². The summed E-state index contributed by atoms with van der Waals surface area (Å²) in [7, 11) is 1.56. The predicted octanol–water partition coefficient (Wildman–Crippen LogP) is 6.15. The van der Waals surface area contributed by atoms with Crippen molar-refractivity contribution < 1.29 is 52.4 Å². The number of halogens is 1. The molecule has 1 aromatic heterocycles. The number of carbonyl (C=O) groups excluding carboxylic acids is 5. The number of amides is 1. The Morgan fingerprint density at radius 3 is 2.20 bits per heavy atom. The summed E-state index contributed by atoms with van der Waals surface area (Å²) >= 11 is 6.77. The number of carbonyl (C=O) groups is 5. The Hall–Kier alpha value is -5.05. The van der Waals surface area contributed by atoms with E-state index >= 15 is 0 Å². The van der Waals surface area contributed by atoms with Crippen molar-refractivity contribution in [2.45, 2.75) is 128 Å². The molecule has 3 fully saturated rings. The molecule has 1 N–H and O–H groups in total. The molecule has 14 nitrogen and oxygen atoms in total. The van der Waals surface area contributed by atoms with Gasteiger partial charge in [0.25, 0.3) is 5.91 Å². The van der Waals surface area contributed by atoms with Gasteiger partial charge in [0, 0.05) is 76.4 Å². The molecule has 6 unspecified atom stereocenters. The molecule has 0 radical (unpaired) electrons. The van der Waals surface area contributed by atoms with Gasteiger partial charge < -0.3 is 38.6 Å². The van der Waals surface area contributed by atoms with Crippen molar-refractivity contribution in [2.24, 2.45) is 0 Å². The van der Waals surface area contributed by atoms with E-state index in [1.54, 1.807) is 7.05 Å². The third kappa shape index (κ3) is 11.0.